The van der Waals surface area contributed by atoms with E-state index in [0.717, 1.165) is 22.5 Å². The molecule has 1 aliphatic rings. The number of nitrogens with zero attached hydrogens (tertiary/aromatic N) is 1. The van der Waals surface area contributed by atoms with E-state index in [0.29, 0.717) is 26.3 Å². The fourth-order valence-corrected chi connectivity index (χ4v) is 4.27. The number of thioether (sulfide) groups is 1. The number of nitrogens with two attached hydrogens (primary N) is 1. The number of amidine groups is 1. The van der Waals surface area contributed by atoms with Crippen molar-refractivity contribution in [2.45, 2.75) is 0 Å². The highest BCUT2D eigenvalue weighted by molar-refractivity contribution is 9.10. The first-order valence-corrected chi connectivity index (χ1v) is 10.4. The van der Waals surface area contributed by atoms with Crippen molar-refractivity contribution >= 4 is 61.6 Å². The summed E-state index contributed by atoms with van der Waals surface area (Å²) in [6.45, 7) is 0. The Balaban J connectivity index is 1.67. The van der Waals surface area contributed by atoms with Crippen LogP contribution in [-0.4, -0.2) is 24.2 Å². The predicted octanol–water partition coefficient (Wildman–Crippen LogP) is 4.76. The lowest BCUT2D eigenvalue weighted by Gasteiger charge is -2.13. The molecule has 0 saturated carbocycles. The molecule has 6 nitrogen and oxygen atoms in total. The molecule has 0 atom stereocenters. The molecule has 1 heterocycles. The summed E-state index contributed by atoms with van der Waals surface area (Å²) < 4.78 is 11.6. The lowest BCUT2D eigenvalue weighted by atomic mass is 10.0. The van der Waals surface area contributed by atoms with E-state index in [9.17, 15) is 9.59 Å². The molecule has 1 aliphatic heterocycles. The van der Waals surface area contributed by atoms with Gasteiger partial charge >= 0.3 is 5.97 Å². The molecule has 150 valence electrons. The van der Waals surface area contributed by atoms with Crippen molar-refractivity contribution in [2.75, 3.05) is 7.11 Å². The van der Waals surface area contributed by atoms with Gasteiger partial charge in [-0.05, 0) is 68.3 Å². The minimum absolute atomic E-state index is 0.206. The zero-order chi connectivity index (χ0) is 21.3. The summed E-state index contributed by atoms with van der Waals surface area (Å²) in [7, 11) is 1.48. The number of aliphatic imine (C=N–C) groups is 1. The number of halogens is 1. The molecular weight excluding hydrogens is 468 g/mol. The minimum atomic E-state index is -0.500. The van der Waals surface area contributed by atoms with Crippen LogP contribution in [0, 0.1) is 0 Å². The molecule has 8 heteroatoms. The Morgan fingerprint density at radius 2 is 1.93 bits per heavy atom. The summed E-state index contributed by atoms with van der Waals surface area (Å²) in [6.07, 6.45) is 1.65. The molecule has 1 amide bonds. The average Bonchev–Trinajstić information content (AvgIpc) is 3.05. The first-order valence-electron chi connectivity index (χ1n) is 8.82. The van der Waals surface area contributed by atoms with Crippen LogP contribution < -0.4 is 15.2 Å². The fourth-order valence-electron chi connectivity index (χ4n) is 3.05. The predicted molar refractivity (Wildman–Crippen MR) is 122 cm³/mol. The lowest BCUT2D eigenvalue weighted by molar-refractivity contribution is -0.113. The smallest absolute Gasteiger partial charge is 0.344 e. The monoisotopic (exact) mass is 482 g/mol. The highest BCUT2D eigenvalue weighted by atomic mass is 79.9. The van der Waals surface area contributed by atoms with E-state index in [1.165, 1.54) is 7.11 Å². The van der Waals surface area contributed by atoms with Crippen LogP contribution >= 0.6 is 27.7 Å². The molecule has 0 spiro atoms. The summed E-state index contributed by atoms with van der Waals surface area (Å²) in [5.41, 5.74) is 6.71. The van der Waals surface area contributed by atoms with Crippen molar-refractivity contribution < 1.29 is 19.1 Å². The van der Waals surface area contributed by atoms with Crippen molar-refractivity contribution in [3.05, 3.63) is 75.1 Å². The van der Waals surface area contributed by atoms with Gasteiger partial charge in [-0.25, -0.2) is 4.79 Å². The Kier molecular flexibility index (Phi) is 5.61. The van der Waals surface area contributed by atoms with Crippen LogP contribution in [0.4, 0.5) is 0 Å². The highest BCUT2D eigenvalue weighted by Crippen LogP contribution is 2.39. The molecule has 0 fully saturated rings. The van der Waals surface area contributed by atoms with E-state index in [4.69, 9.17) is 15.2 Å². The normalized spacial score (nSPS) is 14.8. The number of amides is 1. The fraction of sp³-hybridized carbons (Fsp3) is 0.0455. The van der Waals surface area contributed by atoms with Crippen LogP contribution in [0.2, 0.25) is 0 Å². The van der Waals surface area contributed by atoms with Crippen LogP contribution in [0.3, 0.4) is 0 Å². The number of rotatable bonds is 4. The number of ether oxygens (including phenoxy) is 2. The van der Waals surface area contributed by atoms with Gasteiger partial charge in [0.15, 0.2) is 16.7 Å². The number of carbonyl (C=O) groups excluding carboxylic acids is 2. The Hall–Kier alpha value is -3.10. The first-order chi connectivity index (χ1) is 14.5. The van der Waals surface area contributed by atoms with Crippen LogP contribution in [0.25, 0.3) is 16.8 Å². The zero-order valence-corrected chi connectivity index (χ0v) is 18.1. The maximum Gasteiger partial charge on any atom is 0.344 e. The quantitative estimate of drug-likeness (QED) is 0.327. The van der Waals surface area contributed by atoms with Crippen molar-refractivity contribution in [1.29, 1.82) is 0 Å². The lowest BCUT2D eigenvalue weighted by Crippen LogP contribution is -2.10. The van der Waals surface area contributed by atoms with Gasteiger partial charge in [0, 0.05) is 0 Å². The first kappa shape index (κ1) is 20.2. The van der Waals surface area contributed by atoms with Crippen molar-refractivity contribution in [3.8, 4) is 11.5 Å². The van der Waals surface area contributed by atoms with Crippen molar-refractivity contribution in [1.82, 2.24) is 0 Å². The second kappa shape index (κ2) is 8.33. The van der Waals surface area contributed by atoms with Gasteiger partial charge in [-0.2, -0.15) is 4.99 Å². The largest absolute Gasteiger partial charge is 0.493 e. The number of methoxy groups -OCH3 is 1. The second-order valence-corrected chi connectivity index (χ2v) is 8.23. The SMILES string of the molecule is COc1cc(C=C2SC(N)=NC2=O)cc(Br)c1OC(=O)c1cccc2ccccc12. The number of fused-ring (bicyclic) bond motifs is 1. The Morgan fingerprint density at radius 1 is 1.17 bits per heavy atom. The number of carbonyl (C=O) groups is 2. The van der Waals surface area contributed by atoms with Crippen molar-refractivity contribution in [2.24, 2.45) is 10.7 Å². The molecule has 4 rings (SSSR count). The van der Waals surface area contributed by atoms with Crippen LogP contribution in [0.5, 0.6) is 11.5 Å². The van der Waals surface area contributed by atoms with Crippen molar-refractivity contribution in [3.63, 3.8) is 0 Å². The minimum Gasteiger partial charge on any atom is -0.493 e. The van der Waals surface area contributed by atoms with Gasteiger partial charge in [0.25, 0.3) is 5.91 Å². The number of benzene rings is 3. The van der Waals surface area contributed by atoms with E-state index in [1.54, 1.807) is 24.3 Å². The van der Waals surface area contributed by atoms with Gasteiger partial charge in [0.1, 0.15) is 0 Å². The van der Waals surface area contributed by atoms with E-state index >= 15 is 0 Å². The average molecular weight is 483 g/mol. The summed E-state index contributed by atoms with van der Waals surface area (Å²) in [5, 5.41) is 1.95. The third kappa shape index (κ3) is 3.96. The van der Waals surface area contributed by atoms with Gasteiger partial charge in [-0.1, -0.05) is 36.4 Å². The van der Waals surface area contributed by atoms with E-state index in [2.05, 4.69) is 20.9 Å². The Morgan fingerprint density at radius 3 is 2.67 bits per heavy atom. The molecule has 30 heavy (non-hydrogen) atoms. The molecule has 0 unspecified atom stereocenters. The molecule has 2 N–H and O–H groups in total. The van der Waals surface area contributed by atoms with Gasteiger partial charge in [-0.15, -0.1) is 0 Å². The van der Waals surface area contributed by atoms with Gasteiger partial charge in [-0.3, -0.25) is 4.79 Å². The molecule has 3 aromatic carbocycles. The number of hydrogen-bond acceptors (Lipinski definition) is 6. The third-order valence-electron chi connectivity index (χ3n) is 4.39. The molecule has 0 saturated heterocycles. The molecule has 0 bridgehead atoms. The molecule has 3 aromatic rings. The molecule has 0 aliphatic carbocycles. The molecule has 0 radical (unpaired) electrons. The molecular formula is C22H15BrN2O4S. The van der Waals surface area contributed by atoms with E-state index in [1.807, 2.05) is 36.4 Å². The summed E-state index contributed by atoms with van der Waals surface area (Å²) in [6, 6.07) is 16.5. The Labute approximate surface area is 184 Å². The van der Waals surface area contributed by atoms with Gasteiger partial charge in [0.2, 0.25) is 0 Å². The summed E-state index contributed by atoms with van der Waals surface area (Å²) >= 11 is 4.53. The van der Waals surface area contributed by atoms with Crippen LogP contribution in [0.15, 0.2) is 69.0 Å². The second-order valence-electron chi connectivity index (χ2n) is 6.32. The van der Waals surface area contributed by atoms with E-state index in [-0.39, 0.29) is 16.8 Å². The topological polar surface area (TPSA) is 91.0 Å². The van der Waals surface area contributed by atoms with Crippen LogP contribution in [-0.2, 0) is 4.79 Å². The maximum absolute atomic E-state index is 12.9. The third-order valence-corrected chi connectivity index (χ3v) is 5.79. The number of esters is 1. The molecule has 0 aromatic heterocycles. The Bertz CT molecular complexity index is 1250. The number of hydrogen-bond donors (Lipinski definition) is 1. The zero-order valence-electron chi connectivity index (χ0n) is 15.7. The highest BCUT2D eigenvalue weighted by Gasteiger charge is 2.21. The summed E-state index contributed by atoms with van der Waals surface area (Å²) in [5.74, 6) is -0.299. The maximum atomic E-state index is 12.9. The van der Waals surface area contributed by atoms with Gasteiger partial charge < -0.3 is 15.2 Å². The van der Waals surface area contributed by atoms with Crippen LogP contribution in [0.1, 0.15) is 15.9 Å². The summed E-state index contributed by atoms with van der Waals surface area (Å²) in [4.78, 5) is 28.8. The van der Waals surface area contributed by atoms with E-state index < -0.39 is 5.97 Å². The standard InChI is InChI=1S/C22H15BrN2O4S/c1-28-17-10-12(11-18-20(26)25-22(24)30-18)9-16(23)19(17)29-21(27)15-8-4-6-13-5-2-3-7-14(13)15/h2-11H,1H3,(H2,24,25,26). The van der Waals surface area contributed by atoms with Gasteiger partial charge in [0.05, 0.1) is 22.1 Å².